The normalized spacial score (nSPS) is 15.7. The Balaban J connectivity index is 1.55. The molecule has 1 aromatic carbocycles. The van der Waals surface area contributed by atoms with Gasteiger partial charge in [-0.05, 0) is 12.1 Å². The number of nitrogens with one attached hydrogen (secondary N) is 1. The first-order chi connectivity index (χ1) is 11.7. The molecule has 0 aliphatic carbocycles. The lowest BCUT2D eigenvalue weighted by Crippen LogP contribution is -2.52. The average Bonchev–Trinajstić information content (AvgIpc) is 3.02. The third kappa shape index (κ3) is 3.82. The Kier molecular flexibility index (Phi) is 5.25. The van der Waals surface area contributed by atoms with E-state index < -0.39 is 0 Å². The third-order valence-corrected chi connectivity index (χ3v) is 4.51. The highest BCUT2D eigenvalue weighted by Gasteiger charge is 2.20. The number of rotatable bonds is 3. The number of para-hydroxylation sites is 1. The molecule has 7 heteroatoms. The Bertz CT molecular complexity index is 703. The van der Waals surface area contributed by atoms with E-state index >= 15 is 0 Å². The van der Waals surface area contributed by atoms with E-state index in [9.17, 15) is 0 Å². The highest BCUT2D eigenvalue weighted by atomic mass is 35.5. The first kappa shape index (κ1) is 16.6. The van der Waals surface area contributed by atoms with Crippen molar-refractivity contribution in [3.05, 3.63) is 47.2 Å². The molecule has 0 atom stereocenters. The zero-order valence-electron chi connectivity index (χ0n) is 14.1. The van der Waals surface area contributed by atoms with Crippen molar-refractivity contribution in [2.45, 2.75) is 6.54 Å². The molecule has 6 nitrogen and oxygen atoms in total. The molecule has 1 aliphatic rings. The SMILES string of the molecule is CN=C(NCc1cnn(C)c1)N1CCN(c2ccccc2Cl)CC1. The lowest BCUT2D eigenvalue weighted by molar-refractivity contribution is 0.372. The van der Waals surface area contributed by atoms with Gasteiger partial charge in [-0.1, -0.05) is 23.7 Å². The van der Waals surface area contributed by atoms with Crippen LogP contribution in [-0.2, 0) is 13.6 Å². The van der Waals surface area contributed by atoms with Crippen LogP contribution in [0.1, 0.15) is 5.56 Å². The highest BCUT2D eigenvalue weighted by Crippen LogP contribution is 2.25. The molecule has 1 aromatic heterocycles. The molecule has 1 aliphatic heterocycles. The summed E-state index contributed by atoms with van der Waals surface area (Å²) in [6.07, 6.45) is 3.88. The maximum Gasteiger partial charge on any atom is 0.194 e. The van der Waals surface area contributed by atoms with Gasteiger partial charge in [0.1, 0.15) is 0 Å². The second-order valence-corrected chi connectivity index (χ2v) is 6.26. The fourth-order valence-electron chi connectivity index (χ4n) is 2.94. The van der Waals surface area contributed by atoms with E-state index in [2.05, 4.69) is 31.3 Å². The molecule has 0 amide bonds. The van der Waals surface area contributed by atoms with Crippen LogP contribution < -0.4 is 10.2 Å². The van der Waals surface area contributed by atoms with E-state index in [1.807, 2.05) is 49.4 Å². The van der Waals surface area contributed by atoms with Crippen LogP contribution in [0.15, 0.2) is 41.7 Å². The molecule has 1 fully saturated rings. The largest absolute Gasteiger partial charge is 0.367 e. The first-order valence-electron chi connectivity index (χ1n) is 8.10. The van der Waals surface area contributed by atoms with Gasteiger partial charge in [-0.15, -0.1) is 0 Å². The molecule has 0 unspecified atom stereocenters. The monoisotopic (exact) mass is 346 g/mol. The van der Waals surface area contributed by atoms with E-state index in [0.717, 1.165) is 55.0 Å². The smallest absolute Gasteiger partial charge is 0.194 e. The Hall–Kier alpha value is -2.21. The molecule has 1 saturated heterocycles. The van der Waals surface area contributed by atoms with Gasteiger partial charge in [0.15, 0.2) is 5.96 Å². The van der Waals surface area contributed by atoms with E-state index in [1.54, 1.807) is 0 Å². The molecule has 3 rings (SSSR count). The van der Waals surface area contributed by atoms with Crippen molar-refractivity contribution in [1.82, 2.24) is 20.0 Å². The van der Waals surface area contributed by atoms with Gasteiger partial charge >= 0.3 is 0 Å². The van der Waals surface area contributed by atoms with E-state index in [-0.39, 0.29) is 0 Å². The van der Waals surface area contributed by atoms with Gasteiger partial charge in [-0.3, -0.25) is 9.67 Å². The molecule has 24 heavy (non-hydrogen) atoms. The summed E-state index contributed by atoms with van der Waals surface area (Å²) in [5.74, 6) is 0.928. The number of piperazine rings is 1. The van der Waals surface area contributed by atoms with Crippen molar-refractivity contribution in [2.75, 3.05) is 38.1 Å². The van der Waals surface area contributed by atoms with E-state index in [1.165, 1.54) is 0 Å². The molecule has 0 bridgehead atoms. The molecular weight excluding hydrogens is 324 g/mol. The molecule has 0 saturated carbocycles. The van der Waals surface area contributed by atoms with Crippen LogP contribution in [0.3, 0.4) is 0 Å². The van der Waals surface area contributed by atoms with Crippen molar-refractivity contribution in [1.29, 1.82) is 0 Å². The standard InChI is InChI=1S/C17H23ClN6/c1-19-17(20-11-14-12-21-22(2)13-14)24-9-7-23(8-10-24)16-6-4-3-5-15(16)18/h3-6,12-13H,7-11H2,1-2H3,(H,19,20). The third-order valence-electron chi connectivity index (χ3n) is 4.19. The van der Waals surface area contributed by atoms with Gasteiger partial charge in [-0.25, -0.2) is 0 Å². The molecule has 128 valence electrons. The second kappa shape index (κ2) is 7.57. The number of aryl methyl sites for hydroxylation is 1. The molecule has 2 heterocycles. The van der Waals surface area contributed by atoms with Crippen LogP contribution in [-0.4, -0.2) is 53.9 Å². The van der Waals surface area contributed by atoms with Crippen LogP contribution in [0.25, 0.3) is 0 Å². The molecule has 2 aromatic rings. The number of aromatic nitrogens is 2. The van der Waals surface area contributed by atoms with Crippen LogP contribution >= 0.6 is 11.6 Å². The Morgan fingerprint density at radius 3 is 2.62 bits per heavy atom. The summed E-state index contributed by atoms with van der Waals surface area (Å²) in [7, 11) is 3.75. The lowest BCUT2D eigenvalue weighted by Gasteiger charge is -2.38. The average molecular weight is 347 g/mol. The van der Waals surface area contributed by atoms with Crippen molar-refractivity contribution in [2.24, 2.45) is 12.0 Å². The summed E-state index contributed by atoms with van der Waals surface area (Å²) in [4.78, 5) is 9.02. The van der Waals surface area contributed by atoms with Gasteiger partial charge in [-0.2, -0.15) is 5.10 Å². The summed E-state index contributed by atoms with van der Waals surface area (Å²) in [5, 5.41) is 8.41. The zero-order valence-corrected chi connectivity index (χ0v) is 14.9. The fraction of sp³-hybridized carbons (Fsp3) is 0.412. The minimum absolute atomic E-state index is 0.727. The number of anilines is 1. The Morgan fingerprint density at radius 2 is 2.00 bits per heavy atom. The van der Waals surface area contributed by atoms with Crippen molar-refractivity contribution in [3.8, 4) is 0 Å². The number of hydrogen-bond donors (Lipinski definition) is 1. The van der Waals surface area contributed by atoms with Gasteiger partial charge < -0.3 is 15.1 Å². The van der Waals surface area contributed by atoms with Crippen LogP contribution in [0.4, 0.5) is 5.69 Å². The topological polar surface area (TPSA) is 48.7 Å². The van der Waals surface area contributed by atoms with Crippen LogP contribution in [0, 0.1) is 0 Å². The van der Waals surface area contributed by atoms with Crippen molar-refractivity contribution >= 4 is 23.2 Å². The molecule has 0 radical (unpaired) electrons. The first-order valence-corrected chi connectivity index (χ1v) is 8.48. The number of hydrogen-bond acceptors (Lipinski definition) is 3. The minimum atomic E-state index is 0.727. The van der Waals surface area contributed by atoms with Crippen molar-refractivity contribution < 1.29 is 0 Å². The van der Waals surface area contributed by atoms with E-state index in [0.29, 0.717) is 0 Å². The summed E-state index contributed by atoms with van der Waals surface area (Å²) in [5.41, 5.74) is 2.26. The predicted molar refractivity (Wildman–Crippen MR) is 98.6 cm³/mol. The summed E-state index contributed by atoms with van der Waals surface area (Å²) >= 11 is 6.30. The molecular formula is C17H23ClN6. The van der Waals surface area contributed by atoms with E-state index in [4.69, 9.17) is 11.6 Å². The predicted octanol–water partition coefficient (Wildman–Crippen LogP) is 1.97. The number of aliphatic imine (C=N–C) groups is 1. The van der Waals surface area contributed by atoms with Gasteiger partial charge in [0.05, 0.1) is 16.9 Å². The number of nitrogens with zero attached hydrogens (tertiary/aromatic N) is 5. The summed E-state index contributed by atoms with van der Waals surface area (Å²) < 4.78 is 1.81. The second-order valence-electron chi connectivity index (χ2n) is 5.85. The quantitative estimate of drug-likeness (QED) is 0.682. The molecule has 1 N–H and O–H groups in total. The highest BCUT2D eigenvalue weighted by molar-refractivity contribution is 6.33. The summed E-state index contributed by atoms with van der Waals surface area (Å²) in [6.45, 7) is 4.41. The van der Waals surface area contributed by atoms with Crippen molar-refractivity contribution in [3.63, 3.8) is 0 Å². The number of benzene rings is 1. The lowest BCUT2D eigenvalue weighted by atomic mass is 10.2. The van der Waals surface area contributed by atoms with Crippen LogP contribution in [0.2, 0.25) is 5.02 Å². The minimum Gasteiger partial charge on any atom is -0.367 e. The van der Waals surface area contributed by atoms with Gasteiger partial charge in [0.2, 0.25) is 0 Å². The fourth-order valence-corrected chi connectivity index (χ4v) is 3.20. The maximum atomic E-state index is 6.30. The summed E-state index contributed by atoms with van der Waals surface area (Å²) in [6, 6.07) is 8.01. The Morgan fingerprint density at radius 1 is 1.25 bits per heavy atom. The Labute approximate surface area is 147 Å². The molecule has 0 spiro atoms. The number of halogens is 1. The van der Waals surface area contributed by atoms with Crippen LogP contribution in [0.5, 0.6) is 0 Å². The number of guanidine groups is 1. The zero-order chi connectivity index (χ0) is 16.9. The maximum absolute atomic E-state index is 6.30. The van der Waals surface area contributed by atoms with Gasteiger partial charge in [0, 0.05) is 58.6 Å². The van der Waals surface area contributed by atoms with Gasteiger partial charge in [0.25, 0.3) is 0 Å².